The van der Waals surface area contributed by atoms with E-state index in [0.717, 1.165) is 6.42 Å². The molecule has 62 valence electrons. The van der Waals surface area contributed by atoms with Crippen molar-refractivity contribution < 1.29 is 4.42 Å². The second-order valence-electron chi connectivity index (χ2n) is 2.37. The zero-order valence-corrected chi connectivity index (χ0v) is 7.16. The standard InChI is InChI=1S/C11H12O/c1-12-10-6-5-9-11-7-3-2-4-8-11/h2-5,7-9H,6H2,1H3/b9-5+. The molecule has 0 atom stereocenters. The van der Waals surface area contributed by atoms with E-state index in [1.54, 1.807) is 7.11 Å². The maximum atomic E-state index is 4.68. The predicted octanol–water partition coefficient (Wildman–Crippen LogP) is 2.37. The maximum absolute atomic E-state index is 4.68. The summed E-state index contributed by atoms with van der Waals surface area (Å²) < 4.78 is 4.68. The molecule has 0 saturated heterocycles. The minimum absolute atomic E-state index is 0.728. The molecule has 0 aliphatic heterocycles. The third-order valence-electron chi connectivity index (χ3n) is 1.46. The number of benzene rings is 1. The summed E-state index contributed by atoms with van der Waals surface area (Å²) in [5.41, 5.74) is 1.20. The SMILES string of the molecule is C[O+]=[C-]C/C=C/c1ccccc1. The van der Waals surface area contributed by atoms with Crippen molar-refractivity contribution in [3.63, 3.8) is 0 Å². The maximum Gasteiger partial charge on any atom is 0.208 e. The first kappa shape index (κ1) is 8.72. The van der Waals surface area contributed by atoms with Crippen molar-refractivity contribution in [2.75, 3.05) is 7.11 Å². The van der Waals surface area contributed by atoms with Crippen molar-refractivity contribution >= 4 is 12.4 Å². The van der Waals surface area contributed by atoms with Crippen molar-refractivity contribution in [2.24, 2.45) is 0 Å². The average molecular weight is 160 g/mol. The first-order valence-electron chi connectivity index (χ1n) is 3.91. The number of hydrogen-bond acceptors (Lipinski definition) is 0. The Morgan fingerprint density at radius 1 is 1.33 bits per heavy atom. The minimum Gasteiger partial charge on any atom is -0.459 e. The fourth-order valence-electron chi connectivity index (χ4n) is 0.891. The van der Waals surface area contributed by atoms with Crippen molar-refractivity contribution in [2.45, 2.75) is 6.42 Å². The average Bonchev–Trinajstić information content (AvgIpc) is 2.14. The molecular formula is C11H12O. The fourth-order valence-corrected chi connectivity index (χ4v) is 0.891. The first-order chi connectivity index (χ1) is 5.93. The third-order valence-corrected chi connectivity index (χ3v) is 1.46. The Hall–Kier alpha value is -1.37. The van der Waals surface area contributed by atoms with Gasteiger partial charge in [-0.15, -0.1) is 6.08 Å². The molecule has 0 fully saturated rings. The van der Waals surface area contributed by atoms with Crippen molar-refractivity contribution in [1.29, 1.82) is 0 Å². The molecule has 0 aromatic heterocycles. The van der Waals surface area contributed by atoms with Crippen LogP contribution in [-0.2, 0) is 4.42 Å². The molecule has 1 heteroatoms. The molecule has 0 heterocycles. The summed E-state index contributed by atoms with van der Waals surface area (Å²) in [5, 5.41) is 0. The van der Waals surface area contributed by atoms with Gasteiger partial charge in [-0.1, -0.05) is 42.8 Å². The van der Waals surface area contributed by atoms with Gasteiger partial charge in [-0.3, -0.25) is 0 Å². The Morgan fingerprint density at radius 3 is 2.75 bits per heavy atom. The van der Waals surface area contributed by atoms with Crippen molar-refractivity contribution in [3.05, 3.63) is 42.0 Å². The Kier molecular flexibility index (Phi) is 3.86. The van der Waals surface area contributed by atoms with E-state index in [0.29, 0.717) is 0 Å². The summed E-state index contributed by atoms with van der Waals surface area (Å²) in [7, 11) is 1.61. The van der Waals surface area contributed by atoms with Gasteiger partial charge in [0.15, 0.2) is 0 Å². The first-order valence-corrected chi connectivity index (χ1v) is 3.91. The van der Waals surface area contributed by atoms with Gasteiger partial charge < -0.3 is 4.42 Å². The van der Waals surface area contributed by atoms with Crippen LogP contribution in [0.5, 0.6) is 0 Å². The molecule has 0 bridgehead atoms. The van der Waals surface area contributed by atoms with Gasteiger partial charge in [0.2, 0.25) is 7.11 Å². The molecule has 1 rings (SSSR count). The zero-order chi connectivity index (χ0) is 8.65. The Balaban J connectivity index is 2.47. The highest BCUT2D eigenvalue weighted by Crippen LogP contribution is 2.00. The lowest BCUT2D eigenvalue weighted by Gasteiger charge is -1.90. The van der Waals surface area contributed by atoms with Crippen LogP contribution in [0.1, 0.15) is 12.0 Å². The van der Waals surface area contributed by atoms with Crippen LogP contribution in [0.2, 0.25) is 0 Å². The molecule has 0 radical (unpaired) electrons. The third kappa shape index (κ3) is 3.15. The Morgan fingerprint density at radius 2 is 2.08 bits per heavy atom. The van der Waals surface area contributed by atoms with Crippen molar-refractivity contribution in [3.8, 4) is 0 Å². The second-order valence-corrected chi connectivity index (χ2v) is 2.37. The summed E-state index contributed by atoms with van der Waals surface area (Å²) >= 11 is 0. The Bertz CT molecular complexity index is 260. The van der Waals surface area contributed by atoms with E-state index in [1.165, 1.54) is 5.56 Å². The summed E-state index contributed by atoms with van der Waals surface area (Å²) in [6.45, 7) is 0. The van der Waals surface area contributed by atoms with Crippen LogP contribution in [0.25, 0.3) is 6.08 Å². The summed E-state index contributed by atoms with van der Waals surface area (Å²) in [4.78, 5) is 0. The summed E-state index contributed by atoms with van der Waals surface area (Å²) in [5.74, 6) is 0. The van der Waals surface area contributed by atoms with E-state index < -0.39 is 0 Å². The van der Waals surface area contributed by atoms with Crippen LogP contribution < -0.4 is 0 Å². The van der Waals surface area contributed by atoms with Gasteiger partial charge in [0.1, 0.15) is 0 Å². The fraction of sp³-hybridized carbons (Fsp3) is 0.182. The van der Waals surface area contributed by atoms with Gasteiger partial charge in [0.05, 0.1) is 0 Å². The van der Waals surface area contributed by atoms with E-state index in [9.17, 15) is 0 Å². The van der Waals surface area contributed by atoms with E-state index in [1.807, 2.05) is 30.4 Å². The summed E-state index contributed by atoms with van der Waals surface area (Å²) in [6, 6.07) is 10.2. The molecule has 12 heavy (non-hydrogen) atoms. The Labute approximate surface area is 73.0 Å². The lowest BCUT2D eigenvalue weighted by Crippen LogP contribution is -1.73. The molecule has 0 aliphatic rings. The van der Waals surface area contributed by atoms with E-state index in [4.69, 9.17) is 0 Å². The van der Waals surface area contributed by atoms with Crippen LogP contribution in [0.4, 0.5) is 0 Å². The van der Waals surface area contributed by atoms with Gasteiger partial charge in [0.25, 0.3) is 0 Å². The van der Waals surface area contributed by atoms with Crippen LogP contribution in [0.15, 0.2) is 36.4 Å². The molecular weight excluding hydrogens is 148 g/mol. The van der Waals surface area contributed by atoms with Gasteiger partial charge >= 0.3 is 0 Å². The van der Waals surface area contributed by atoms with Gasteiger partial charge in [-0.05, 0) is 11.8 Å². The molecule has 0 saturated carbocycles. The minimum atomic E-state index is 0.728. The molecule has 0 spiro atoms. The van der Waals surface area contributed by atoms with Gasteiger partial charge in [-0.25, -0.2) is 0 Å². The van der Waals surface area contributed by atoms with E-state index in [-0.39, 0.29) is 0 Å². The van der Waals surface area contributed by atoms with Gasteiger partial charge in [-0.2, -0.15) is 0 Å². The van der Waals surface area contributed by atoms with E-state index >= 15 is 0 Å². The molecule has 0 unspecified atom stereocenters. The molecule has 0 aliphatic carbocycles. The highest BCUT2D eigenvalue weighted by molar-refractivity contribution is 5.58. The van der Waals surface area contributed by atoms with E-state index in [2.05, 4.69) is 22.8 Å². The lowest BCUT2D eigenvalue weighted by molar-refractivity contribution is 0.182. The van der Waals surface area contributed by atoms with Gasteiger partial charge in [0, 0.05) is 0 Å². The zero-order valence-electron chi connectivity index (χ0n) is 7.16. The molecule has 0 N–H and O–H groups in total. The highest BCUT2D eigenvalue weighted by Gasteiger charge is 1.79. The number of rotatable bonds is 3. The topological polar surface area (TPSA) is 11.3 Å². The smallest absolute Gasteiger partial charge is 0.208 e. The number of hydrogen-bond donors (Lipinski definition) is 0. The normalized spacial score (nSPS) is 11.4. The van der Waals surface area contributed by atoms with Crippen LogP contribution in [0, 0.1) is 0 Å². The quantitative estimate of drug-likeness (QED) is 0.475. The monoisotopic (exact) mass is 160 g/mol. The van der Waals surface area contributed by atoms with Crippen LogP contribution in [0.3, 0.4) is 0 Å². The number of carbonyl (C=O) groups excluding carboxylic acids is 1. The largest absolute Gasteiger partial charge is 0.459 e. The van der Waals surface area contributed by atoms with Crippen LogP contribution >= 0.6 is 0 Å². The molecule has 1 aromatic rings. The summed E-state index contributed by atoms with van der Waals surface area (Å²) in [6.07, 6.45) is 7.52. The molecule has 1 aromatic carbocycles. The lowest BCUT2D eigenvalue weighted by atomic mass is 10.2. The van der Waals surface area contributed by atoms with Crippen molar-refractivity contribution in [1.82, 2.24) is 0 Å². The van der Waals surface area contributed by atoms with Crippen LogP contribution in [-0.4, -0.2) is 13.4 Å². The second kappa shape index (κ2) is 5.30. The number of allylic oxidation sites excluding steroid dienone is 1. The molecule has 0 amide bonds. The highest BCUT2D eigenvalue weighted by atomic mass is 16.4. The molecule has 1 nitrogen and oxygen atoms in total. The predicted molar refractivity (Wildman–Crippen MR) is 51.7 cm³/mol.